The molecule has 0 unspecified atom stereocenters. The molecule has 8 heteroatoms. The number of hydrogen-bond donors (Lipinski definition) is 1. The SMILES string of the molecule is Cc1cc(OCC(=O)Nc2ccccc2-c2nc(-c3ccccn3)no2)ccc1Cl. The number of pyridine rings is 1. The van der Waals surface area contributed by atoms with Crippen LogP contribution < -0.4 is 10.1 Å². The molecule has 2 heterocycles. The number of nitrogens with one attached hydrogen (secondary N) is 1. The first kappa shape index (κ1) is 19.6. The van der Waals surface area contributed by atoms with Crippen molar-refractivity contribution < 1.29 is 14.1 Å². The number of halogens is 1. The molecule has 0 aliphatic heterocycles. The lowest BCUT2D eigenvalue weighted by Crippen LogP contribution is -2.20. The summed E-state index contributed by atoms with van der Waals surface area (Å²) in [4.78, 5) is 21.0. The van der Waals surface area contributed by atoms with Crippen LogP contribution >= 0.6 is 11.6 Å². The quantitative estimate of drug-likeness (QED) is 0.483. The summed E-state index contributed by atoms with van der Waals surface area (Å²) in [6, 6.07) is 17.8. The molecule has 0 atom stereocenters. The van der Waals surface area contributed by atoms with Crippen LogP contribution in [0.4, 0.5) is 5.69 Å². The highest BCUT2D eigenvalue weighted by molar-refractivity contribution is 6.31. The van der Waals surface area contributed by atoms with E-state index in [0.29, 0.717) is 33.5 Å². The molecule has 1 amide bonds. The maximum absolute atomic E-state index is 12.4. The number of rotatable bonds is 6. The van der Waals surface area contributed by atoms with E-state index in [1.54, 1.807) is 48.7 Å². The normalized spacial score (nSPS) is 10.6. The van der Waals surface area contributed by atoms with E-state index in [1.807, 2.05) is 25.1 Å². The third-order valence-corrected chi connectivity index (χ3v) is 4.67. The summed E-state index contributed by atoms with van der Waals surface area (Å²) in [6.45, 7) is 1.72. The first-order valence-electron chi connectivity index (χ1n) is 9.13. The molecular formula is C22H17ClN4O3. The molecule has 4 rings (SSSR count). The van der Waals surface area contributed by atoms with Gasteiger partial charge in [0.2, 0.25) is 5.82 Å². The molecule has 150 valence electrons. The first-order chi connectivity index (χ1) is 14.6. The van der Waals surface area contributed by atoms with Gasteiger partial charge in [-0.3, -0.25) is 9.78 Å². The topological polar surface area (TPSA) is 90.1 Å². The number of carbonyl (C=O) groups excluding carboxylic acids is 1. The minimum Gasteiger partial charge on any atom is -0.484 e. The van der Waals surface area contributed by atoms with Gasteiger partial charge in [0, 0.05) is 11.2 Å². The maximum Gasteiger partial charge on any atom is 0.262 e. The number of nitrogens with zero attached hydrogens (tertiary/aromatic N) is 3. The lowest BCUT2D eigenvalue weighted by Gasteiger charge is -2.10. The number of aromatic nitrogens is 3. The van der Waals surface area contributed by atoms with Gasteiger partial charge in [0.15, 0.2) is 6.61 Å². The van der Waals surface area contributed by atoms with E-state index in [4.69, 9.17) is 20.9 Å². The second-order valence-corrected chi connectivity index (χ2v) is 6.84. The highest BCUT2D eigenvalue weighted by atomic mass is 35.5. The molecule has 1 N–H and O–H groups in total. The summed E-state index contributed by atoms with van der Waals surface area (Å²) in [5.74, 6) is 0.894. The fraction of sp³-hybridized carbons (Fsp3) is 0.0909. The average Bonchev–Trinajstić information content (AvgIpc) is 3.26. The summed E-state index contributed by atoms with van der Waals surface area (Å²) >= 11 is 6.01. The van der Waals surface area contributed by atoms with Crippen LogP contribution in [0.3, 0.4) is 0 Å². The van der Waals surface area contributed by atoms with Crippen molar-refractivity contribution in [3.05, 3.63) is 77.4 Å². The molecule has 7 nitrogen and oxygen atoms in total. The van der Waals surface area contributed by atoms with Crippen LogP contribution in [0.2, 0.25) is 5.02 Å². The minimum atomic E-state index is -0.320. The summed E-state index contributed by atoms with van der Waals surface area (Å²) in [5, 5.41) is 7.44. The van der Waals surface area contributed by atoms with Crippen LogP contribution in [0, 0.1) is 6.92 Å². The third-order valence-electron chi connectivity index (χ3n) is 4.25. The minimum absolute atomic E-state index is 0.154. The number of anilines is 1. The highest BCUT2D eigenvalue weighted by Crippen LogP contribution is 2.28. The maximum atomic E-state index is 12.4. The van der Waals surface area contributed by atoms with Gasteiger partial charge >= 0.3 is 0 Å². The van der Waals surface area contributed by atoms with Crippen LogP contribution in [0.15, 0.2) is 71.4 Å². The lowest BCUT2D eigenvalue weighted by atomic mass is 10.1. The summed E-state index contributed by atoms with van der Waals surface area (Å²) in [5.41, 5.74) is 2.61. The monoisotopic (exact) mass is 420 g/mol. The van der Waals surface area contributed by atoms with Crippen LogP contribution in [0.25, 0.3) is 23.0 Å². The summed E-state index contributed by atoms with van der Waals surface area (Å²) < 4.78 is 10.9. The van der Waals surface area contributed by atoms with E-state index in [-0.39, 0.29) is 18.4 Å². The van der Waals surface area contributed by atoms with E-state index in [2.05, 4.69) is 20.4 Å². The number of aryl methyl sites for hydroxylation is 1. The van der Waals surface area contributed by atoms with E-state index in [9.17, 15) is 4.79 Å². The Morgan fingerprint density at radius 3 is 2.77 bits per heavy atom. The van der Waals surface area contributed by atoms with Gasteiger partial charge in [-0.2, -0.15) is 4.98 Å². The van der Waals surface area contributed by atoms with Crippen LogP contribution in [0.5, 0.6) is 5.75 Å². The van der Waals surface area contributed by atoms with Crippen molar-refractivity contribution in [3.63, 3.8) is 0 Å². The Hall–Kier alpha value is -3.71. The molecule has 30 heavy (non-hydrogen) atoms. The Kier molecular flexibility index (Phi) is 5.72. The van der Waals surface area contributed by atoms with Crippen molar-refractivity contribution in [2.75, 3.05) is 11.9 Å². The molecule has 2 aromatic carbocycles. The van der Waals surface area contributed by atoms with Crippen LogP contribution in [0.1, 0.15) is 5.56 Å². The Bertz CT molecular complexity index is 1180. The van der Waals surface area contributed by atoms with Gasteiger partial charge in [0.05, 0.1) is 11.3 Å². The summed E-state index contributed by atoms with van der Waals surface area (Å²) in [7, 11) is 0. The van der Waals surface area contributed by atoms with E-state index < -0.39 is 0 Å². The molecule has 0 saturated heterocycles. The summed E-state index contributed by atoms with van der Waals surface area (Å²) in [6.07, 6.45) is 1.65. The Morgan fingerprint density at radius 1 is 1.13 bits per heavy atom. The van der Waals surface area contributed by atoms with Crippen molar-refractivity contribution >= 4 is 23.2 Å². The molecule has 0 radical (unpaired) electrons. The van der Waals surface area contributed by atoms with Crippen molar-refractivity contribution in [2.45, 2.75) is 6.92 Å². The third kappa shape index (κ3) is 4.47. The van der Waals surface area contributed by atoms with Gasteiger partial charge in [-0.15, -0.1) is 0 Å². The molecule has 0 saturated carbocycles. The molecule has 0 spiro atoms. The number of para-hydroxylation sites is 1. The Morgan fingerprint density at radius 2 is 1.97 bits per heavy atom. The molecule has 2 aromatic heterocycles. The van der Waals surface area contributed by atoms with Gasteiger partial charge in [-0.25, -0.2) is 0 Å². The first-order valence-corrected chi connectivity index (χ1v) is 9.51. The Labute approximate surface area is 177 Å². The number of carbonyl (C=O) groups is 1. The van der Waals surface area contributed by atoms with Crippen LogP contribution in [-0.2, 0) is 4.79 Å². The average molecular weight is 421 g/mol. The molecule has 0 aliphatic rings. The Balaban J connectivity index is 1.47. The largest absolute Gasteiger partial charge is 0.484 e. The zero-order chi connectivity index (χ0) is 20.9. The predicted molar refractivity (Wildman–Crippen MR) is 113 cm³/mol. The van der Waals surface area contributed by atoms with Crippen molar-refractivity contribution in [2.24, 2.45) is 0 Å². The lowest BCUT2D eigenvalue weighted by molar-refractivity contribution is -0.118. The fourth-order valence-corrected chi connectivity index (χ4v) is 2.87. The van der Waals surface area contributed by atoms with Gasteiger partial charge in [-0.05, 0) is 55.0 Å². The molecule has 0 bridgehead atoms. The second-order valence-electron chi connectivity index (χ2n) is 6.43. The smallest absolute Gasteiger partial charge is 0.262 e. The molecule has 0 aliphatic carbocycles. The second kappa shape index (κ2) is 8.75. The molecular weight excluding hydrogens is 404 g/mol. The van der Waals surface area contributed by atoms with Crippen LogP contribution in [-0.4, -0.2) is 27.6 Å². The van der Waals surface area contributed by atoms with Crippen molar-refractivity contribution in [1.29, 1.82) is 0 Å². The molecule has 4 aromatic rings. The number of benzene rings is 2. The standard InChI is InChI=1S/C22H17ClN4O3/c1-14-12-15(9-10-17(14)23)29-13-20(28)25-18-7-3-2-6-16(18)22-26-21(27-30-22)19-8-4-5-11-24-19/h2-12H,13H2,1H3,(H,25,28). The van der Waals surface area contributed by atoms with Gasteiger partial charge < -0.3 is 14.6 Å². The molecule has 0 fully saturated rings. The fourth-order valence-electron chi connectivity index (χ4n) is 2.75. The van der Waals surface area contributed by atoms with E-state index in [1.165, 1.54) is 0 Å². The number of amides is 1. The zero-order valence-corrected chi connectivity index (χ0v) is 16.8. The van der Waals surface area contributed by atoms with Gasteiger partial charge in [0.1, 0.15) is 11.4 Å². The predicted octanol–water partition coefficient (Wildman–Crippen LogP) is 4.78. The number of ether oxygens (including phenoxy) is 1. The van der Waals surface area contributed by atoms with Crippen molar-refractivity contribution in [3.8, 4) is 28.7 Å². The van der Waals surface area contributed by atoms with Gasteiger partial charge in [-0.1, -0.05) is 35.0 Å². The zero-order valence-electron chi connectivity index (χ0n) is 16.0. The van der Waals surface area contributed by atoms with E-state index >= 15 is 0 Å². The highest BCUT2D eigenvalue weighted by Gasteiger charge is 2.16. The number of hydrogen-bond acceptors (Lipinski definition) is 6. The van der Waals surface area contributed by atoms with E-state index in [0.717, 1.165) is 5.56 Å². The van der Waals surface area contributed by atoms with Crippen molar-refractivity contribution in [1.82, 2.24) is 15.1 Å². The van der Waals surface area contributed by atoms with Gasteiger partial charge in [0.25, 0.3) is 11.8 Å².